The predicted octanol–water partition coefficient (Wildman–Crippen LogP) is 3.53. The molecule has 0 spiro atoms. The molecule has 1 fully saturated rings. The molecule has 1 amide bonds. The molecule has 0 unspecified atom stereocenters. The first kappa shape index (κ1) is 26.3. The van der Waals surface area contributed by atoms with Crippen LogP contribution in [0.4, 0.5) is 0 Å². The zero-order valence-electron chi connectivity index (χ0n) is 20.9. The molecular weight excluding hydrogens is 502 g/mol. The van der Waals surface area contributed by atoms with Crippen LogP contribution in [0, 0.1) is 5.92 Å². The maximum atomic E-state index is 13.0. The third kappa shape index (κ3) is 5.34. The standard InChI is InChI=1S/C25H31N3O6S2/c1-17-9-11-27(12-10-17)36(30,31)19-7-5-18(6-8-19)24(29)26-25-28(13-14-32-2)20-15-21(33-3)22(34-4)16-23(20)35-25/h5-8,15-17H,9-14H2,1-4H3. The summed E-state index contributed by atoms with van der Waals surface area (Å²) in [5.74, 6) is 1.23. The van der Waals surface area contributed by atoms with E-state index in [1.165, 1.54) is 39.9 Å². The fraction of sp³-hybridized carbons (Fsp3) is 0.440. The molecule has 0 bridgehead atoms. The number of hydrogen-bond donors (Lipinski definition) is 0. The Morgan fingerprint density at radius 3 is 2.31 bits per heavy atom. The van der Waals surface area contributed by atoms with Crippen molar-refractivity contribution in [1.29, 1.82) is 0 Å². The summed E-state index contributed by atoms with van der Waals surface area (Å²) in [6.07, 6.45) is 1.70. The monoisotopic (exact) mass is 533 g/mol. The number of piperidine rings is 1. The van der Waals surface area contributed by atoms with Crippen LogP contribution in [0.25, 0.3) is 10.2 Å². The summed E-state index contributed by atoms with van der Waals surface area (Å²) in [6, 6.07) is 9.71. The summed E-state index contributed by atoms with van der Waals surface area (Å²) in [5, 5.41) is 0. The fourth-order valence-corrected chi connectivity index (χ4v) is 6.71. The number of fused-ring (bicyclic) bond motifs is 1. The van der Waals surface area contributed by atoms with E-state index >= 15 is 0 Å². The van der Waals surface area contributed by atoms with Crippen LogP contribution in [-0.2, 0) is 21.3 Å². The predicted molar refractivity (Wildman–Crippen MR) is 138 cm³/mol. The second-order valence-corrected chi connectivity index (χ2v) is 11.7. The van der Waals surface area contributed by atoms with Gasteiger partial charge in [-0.1, -0.05) is 18.3 Å². The van der Waals surface area contributed by atoms with Gasteiger partial charge < -0.3 is 18.8 Å². The van der Waals surface area contributed by atoms with Gasteiger partial charge in [0.1, 0.15) is 0 Å². The summed E-state index contributed by atoms with van der Waals surface area (Å²) in [7, 11) is 1.17. The Kier molecular flexibility index (Phi) is 8.13. The van der Waals surface area contributed by atoms with Gasteiger partial charge in [0, 0.05) is 44.4 Å². The van der Waals surface area contributed by atoms with Gasteiger partial charge in [0.15, 0.2) is 16.3 Å². The van der Waals surface area contributed by atoms with Gasteiger partial charge in [0.05, 0.1) is 35.9 Å². The van der Waals surface area contributed by atoms with Crippen molar-refractivity contribution < 1.29 is 27.4 Å². The topological polar surface area (TPSA) is 99.4 Å². The molecular formula is C25H31N3O6S2. The number of methoxy groups -OCH3 is 3. The van der Waals surface area contributed by atoms with Crippen LogP contribution in [0.15, 0.2) is 46.3 Å². The average molecular weight is 534 g/mol. The molecule has 1 aliphatic rings. The van der Waals surface area contributed by atoms with Crippen molar-refractivity contribution in [2.24, 2.45) is 10.9 Å². The lowest BCUT2D eigenvalue weighted by Gasteiger charge is -2.29. The molecule has 3 aromatic rings. The number of aromatic nitrogens is 1. The van der Waals surface area contributed by atoms with E-state index in [2.05, 4.69) is 11.9 Å². The zero-order valence-corrected chi connectivity index (χ0v) is 22.5. The minimum atomic E-state index is -3.58. The minimum absolute atomic E-state index is 0.185. The molecule has 194 valence electrons. The summed E-state index contributed by atoms with van der Waals surface area (Å²) in [5.41, 5.74) is 1.16. The van der Waals surface area contributed by atoms with Gasteiger partial charge in [-0.05, 0) is 43.0 Å². The van der Waals surface area contributed by atoms with Crippen LogP contribution in [0.1, 0.15) is 30.1 Å². The second kappa shape index (κ2) is 11.1. The summed E-state index contributed by atoms with van der Waals surface area (Å²) in [6.45, 7) is 4.09. The third-order valence-electron chi connectivity index (χ3n) is 6.39. The molecule has 11 heteroatoms. The Bertz CT molecular complexity index is 1400. The first-order valence-corrected chi connectivity index (χ1v) is 14.0. The van der Waals surface area contributed by atoms with Gasteiger partial charge in [-0.3, -0.25) is 4.79 Å². The molecule has 9 nitrogen and oxygen atoms in total. The maximum Gasteiger partial charge on any atom is 0.279 e. The quantitative estimate of drug-likeness (QED) is 0.439. The number of ether oxygens (including phenoxy) is 3. The van der Waals surface area contributed by atoms with E-state index in [4.69, 9.17) is 14.2 Å². The highest BCUT2D eigenvalue weighted by Gasteiger charge is 2.28. The minimum Gasteiger partial charge on any atom is -0.493 e. The lowest BCUT2D eigenvalue weighted by Crippen LogP contribution is -2.37. The van der Waals surface area contributed by atoms with Gasteiger partial charge in [0.2, 0.25) is 10.0 Å². The highest BCUT2D eigenvalue weighted by atomic mass is 32.2. The highest BCUT2D eigenvalue weighted by Crippen LogP contribution is 2.33. The van der Waals surface area contributed by atoms with Crippen LogP contribution in [-0.4, -0.2) is 64.2 Å². The van der Waals surface area contributed by atoms with Crippen LogP contribution in [0.2, 0.25) is 0 Å². The zero-order chi connectivity index (χ0) is 25.9. The van der Waals surface area contributed by atoms with E-state index in [9.17, 15) is 13.2 Å². The van der Waals surface area contributed by atoms with E-state index in [0.29, 0.717) is 54.0 Å². The molecule has 0 radical (unpaired) electrons. The van der Waals surface area contributed by atoms with E-state index < -0.39 is 15.9 Å². The first-order valence-electron chi connectivity index (χ1n) is 11.7. The number of carbonyl (C=O) groups excluding carboxylic acids is 1. The average Bonchev–Trinajstić information content (AvgIpc) is 3.22. The normalized spacial score (nSPS) is 15.9. The number of benzene rings is 2. The lowest BCUT2D eigenvalue weighted by molar-refractivity contribution is 0.0997. The molecule has 0 N–H and O–H groups in total. The Hall–Kier alpha value is -2.73. The van der Waals surface area contributed by atoms with Crippen LogP contribution < -0.4 is 14.3 Å². The van der Waals surface area contributed by atoms with Crippen LogP contribution in [0.5, 0.6) is 11.5 Å². The molecule has 0 atom stereocenters. The highest BCUT2D eigenvalue weighted by molar-refractivity contribution is 7.89. The van der Waals surface area contributed by atoms with E-state index in [1.54, 1.807) is 21.3 Å². The Balaban J connectivity index is 1.66. The van der Waals surface area contributed by atoms with Gasteiger partial charge in [-0.2, -0.15) is 9.30 Å². The molecule has 4 rings (SSSR count). The number of thiazole rings is 1. The van der Waals surface area contributed by atoms with Crippen molar-refractivity contribution in [3.05, 3.63) is 46.8 Å². The number of nitrogens with zero attached hydrogens (tertiary/aromatic N) is 3. The van der Waals surface area contributed by atoms with Gasteiger partial charge in [0.25, 0.3) is 5.91 Å². The number of hydrogen-bond acceptors (Lipinski definition) is 7. The van der Waals surface area contributed by atoms with Crippen molar-refractivity contribution in [2.75, 3.05) is 41.0 Å². The van der Waals surface area contributed by atoms with Gasteiger partial charge >= 0.3 is 0 Å². The fourth-order valence-electron chi connectivity index (χ4n) is 4.18. The Labute approximate surface area is 215 Å². The molecule has 1 aliphatic heterocycles. The van der Waals surface area contributed by atoms with E-state index in [-0.39, 0.29) is 4.90 Å². The van der Waals surface area contributed by atoms with Crippen LogP contribution >= 0.6 is 11.3 Å². The summed E-state index contributed by atoms with van der Waals surface area (Å²) < 4.78 is 46.4. The number of amides is 1. The maximum absolute atomic E-state index is 13.0. The summed E-state index contributed by atoms with van der Waals surface area (Å²) in [4.78, 5) is 18.1. The van der Waals surface area contributed by atoms with Crippen molar-refractivity contribution in [3.63, 3.8) is 0 Å². The third-order valence-corrected chi connectivity index (χ3v) is 9.34. The largest absolute Gasteiger partial charge is 0.493 e. The Morgan fingerprint density at radius 2 is 1.69 bits per heavy atom. The number of carbonyl (C=O) groups is 1. The molecule has 36 heavy (non-hydrogen) atoms. The SMILES string of the molecule is COCCn1c(=NC(=O)c2ccc(S(=O)(=O)N3CCC(C)CC3)cc2)sc2cc(OC)c(OC)cc21. The van der Waals surface area contributed by atoms with E-state index in [0.717, 1.165) is 23.1 Å². The summed E-state index contributed by atoms with van der Waals surface area (Å²) >= 11 is 1.35. The number of sulfonamides is 1. The van der Waals surface area contributed by atoms with Crippen molar-refractivity contribution in [1.82, 2.24) is 8.87 Å². The van der Waals surface area contributed by atoms with Crippen molar-refractivity contribution >= 4 is 37.5 Å². The van der Waals surface area contributed by atoms with Gasteiger partial charge in [-0.15, -0.1) is 0 Å². The smallest absolute Gasteiger partial charge is 0.279 e. The molecule has 2 aromatic carbocycles. The molecule has 2 heterocycles. The molecule has 1 aromatic heterocycles. The molecule has 0 saturated carbocycles. The van der Waals surface area contributed by atoms with Crippen molar-refractivity contribution in [2.45, 2.75) is 31.2 Å². The first-order chi connectivity index (χ1) is 17.3. The second-order valence-electron chi connectivity index (χ2n) is 8.73. The van der Waals surface area contributed by atoms with E-state index in [1.807, 2.05) is 16.7 Å². The lowest BCUT2D eigenvalue weighted by atomic mass is 10.0. The van der Waals surface area contributed by atoms with Gasteiger partial charge in [-0.25, -0.2) is 8.42 Å². The molecule has 1 saturated heterocycles. The Morgan fingerprint density at radius 1 is 1.06 bits per heavy atom. The molecule has 0 aliphatic carbocycles. The van der Waals surface area contributed by atoms with Crippen molar-refractivity contribution in [3.8, 4) is 11.5 Å². The number of rotatable bonds is 8. The van der Waals surface area contributed by atoms with Crippen LogP contribution in [0.3, 0.4) is 0 Å².